The van der Waals surface area contributed by atoms with Crippen molar-refractivity contribution in [3.63, 3.8) is 0 Å². The van der Waals surface area contributed by atoms with E-state index in [0.29, 0.717) is 24.3 Å². The van der Waals surface area contributed by atoms with E-state index < -0.39 is 7.52 Å². The van der Waals surface area contributed by atoms with Crippen LogP contribution in [0.3, 0.4) is 0 Å². The van der Waals surface area contributed by atoms with Crippen LogP contribution in [0, 0.1) is 17.8 Å². The van der Waals surface area contributed by atoms with Crippen LogP contribution in [-0.4, -0.2) is 24.4 Å². The molecule has 4 nitrogen and oxygen atoms in total. The average molecular weight is 381 g/mol. The lowest BCUT2D eigenvalue weighted by Gasteiger charge is -2.39. The van der Waals surface area contributed by atoms with E-state index in [9.17, 15) is 4.57 Å². The van der Waals surface area contributed by atoms with E-state index >= 15 is 0 Å². The average Bonchev–Trinajstić information content (AvgIpc) is 2.62. The first kappa shape index (κ1) is 21.6. The number of benzene rings is 1. The number of rotatable bonds is 10. The van der Waals surface area contributed by atoms with Crippen LogP contribution in [0.5, 0.6) is 0 Å². The molecule has 1 saturated carbocycles. The Morgan fingerprint density at radius 2 is 1.92 bits per heavy atom. The van der Waals surface area contributed by atoms with Crippen LogP contribution < -0.4 is 10.4 Å². The monoisotopic (exact) mass is 381 g/mol. The zero-order valence-corrected chi connectivity index (χ0v) is 17.5. The van der Waals surface area contributed by atoms with Crippen molar-refractivity contribution in [1.29, 1.82) is 0 Å². The molecule has 1 aliphatic carbocycles. The van der Waals surface area contributed by atoms with E-state index in [-0.39, 0.29) is 12.7 Å². The number of hydrogen-bond acceptors (Lipinski definition) is 3. The number of unbranched alkanes of at least 4 members (excludes halogenated alkanes) is 2. The van der Waals surface area contributed by atoms with E-state index in [0.717, 1.165) is 37.4 Å². The molecule has 1 aromatic carbocycles. The molecule has 0 heterocycles. The summed E-state index contributed by atoms with van der Waals surface area (Å²) in [4.78, 5) is 0. The molecule has 4 atom stereocenters. The highest BCUT2D eigenvalue weighted by molar-refractivity contribution is 7.65. The highest BCUT2D eigenvalue weighted by Crippen LogP contribution is 2.48. The summed E-state index contributed by atoms with van der Waals surface area (Å²) in [6.45, 7) is 7.60. The van der Waals surface area contributed by atoms with Gasteiger partial charge in [0, 0.05) is 13.2 Å². The zero-order chi connectivity index (χ0) is 19.0. The van der Waals surface area contributed by atoms with Crippen LogP contribution in [-0.2, 0) is 9.09 Å². The van der Waals surface area contributed by atoms with E-state index in [2.05, 4.69) is 25.9 Å². The second-order valence-electron chi connectivity index (χ2n) is 8.05. The molecular formula is C21H36NO3P. The van der Waals surface area contributed by atoms with Gasteiger partial charge in [0.15, 0.2) is 0 Å². The summed E-state index contributed by atoms with van der Waals surface area (Å²) in [5, 5.41) is 12.9. The molecule has 0 aromatic heterocycles. The van der Waals surface area contributed by atoms with E-state index in [4.69, 9.17) is 9.63 Å². The molecule has 1 aromatic rings. The number of aliphatic hydroxyl groups excluding tert-OH is 1. The van der Waals surface area contributed by atoms with Crippen molar-refractivity contribution in [3.05, 3.63) is 30.3 Å². The molecule has 148 valence electrons. The van der Waals surface area contributed by atoms with Gasteiger partial charge in [-0.05, 0) is 62.0 Å². The van der Waals surface area contributed by atoms with Crippen molar-refractivity contribution in [2.45, 2.75) is 65.4 Å². The molecule has 0 saturated heterocycles. The van der Waals surface area contributed by atoms with E-state index in [1.54, 1.807) is 0 Å². The topological polar surface area (TPSA) is 58.6 Å². The molecule has 26 heavy (non-hydrogen) atoms. The minimum Gasteiger partial charge on any atom is -0.396 e. The third-order valence-corrected chi connectivity index (χ3v) is 7.68. The van der Waals surface area contributed by atoms with Crippen LogP contribution in [0.1, 0.15) is 59.3 Å². The lowest BCUT2D eigenvalue weighted by Crippen LogP contribution is -2.36. The minimum atomic E-state index is -3.10. The molecule has 0 bridgehead atoms. The van der Waals surface area contributed by atoms with Crippen LogP contribution in [0.4, 0.5) is 0 Å². The van der Waals surface area contributed by atoms with Gasteiger partial charge in [-0.2, -0.15) is 0 Å². The van der Waals surface area contributed by atoms with E-state index in [1.165, 1.54) is 6.42 Å². The van der Waals surface area contributed by atoms with Crippen LogP contribution in [0.25, 0.3) is 0 Å². The SMILES string of the molecule is CC(C)[C@@H]1CC[C@@H](C)C[C@H]1O[P@@](=O)(NCCCCCO)c1ccccc1. The van der Waals surface area contributed by atoms with Crippen molar-refractivity contribution >= 4 is 12.8 Å². The number of hydrogen-bond donors (Lipinski definition) is 2. The molecule has 2 N–H and O–H groups in total. The molecule has 0 spiro atoms. The fraction of sp³-hybridized carbons (Fsp3) is 0.714. The van der Waals surface area contributed by atoms with Gasteiger partial charge in [-0.3, -0.25) is 4.57 Å². The Balaban J connectivity index is 2.13. The number of aliphatic hydroxyl groups is 1. The molecule has 5 heteroatoms. The van der Waals surface area contributed by atoms with Gasteiger partial charge in [0.2, 0.25) is 0 Å². The standard InChI is InChI=1S/C21H36NO3P/c1-17(2)20-13-12-18(3)16-21(20)25-26(24,19-10-6-4-7-11-19)22-14-8-5-9-15-23/h4,6-7,10-11,17-18,20-21,23H,5,8-9,12-16H2,1-3H3,(H,22,24)/t18-,20+,21-,26-/m1/s1. The molecule has 0 aliphatic heterocycles. The summed E-state index contributed by atoms with van der Waals surface area (Å²) in [6, 6.07) is 9.58. The van der Waals surface area contributed by atoms with Gasteiger partial charge in [0.1, 0.15) is 0 Å². The van der Waals surface area contributed by atoms with Gasteiger partial charge in [-0.25, -0.2) is 5.09 Å². The molecule has 0 amide bonds. The maximum atomic E-state index is 13.8. The lowest BCUT2D eigenvalue weighted by molar-refractivity contribution is 0.0483. The molecule has 1 aliphatic rings. The quantitative estimate of drug-likeness (QED) is 0.454. The predicted molar refractivity (Wildman–Crippen MR) is 109 cm³/mol. The Kier molecular flexibility index (Phi) is 8.83. The Labute approximate surface area is 159 Å². The first-order valence-electron chi connectivity index (χ1n) is 10.2. The van der Waals surface area contributed by atoms with Gasteiger partial charge in [-0.1, -0.05) is 45.4 Å². The molecule has 1 fully saturated rings. The smallest absolute Gasteiger partial charge is 0.299 e. The van der Waals surface area contributed by atoms with Crippen LogP contribution in [0.15, 0.2) is 30.3 Å². The highest BCUT2D eigenvalue weighted by Gasteiger charge is 2.37. The molecule has 0 unspecified atom stereocenters. The van der Waals surface area contributed by atoms with Crippen LogP contribution >= 0.6 is 7.52 Å². The zero-order valence-electron chi connectivity index (χ0n) is 16.6. The lowest BCUT2D eigenvalue weighted by atomic mass is 9.75. The first-order valence-corrected chi connectivity index (χ1v) is 11.8. The van der Waals surface area contributed by atoms with Gasteiger partial charge >= 0.3 is 0 Å². The van der Waals surface area contributed by atoms with Gasteiger partial charge in [0.05, 0.1) is 11.4 Å². The molecule has 0 radical (unpaired) electrons. The Bertz CT molecular complexity index is 564. The van der Waals surface area contributed by atoms with Crippen molar-refractivity contribution in [3.8, 4) is 0 Å². The fourth-order valence-corrected chi connectivity index (χ4v) is 5.90. The summed E-state index contributed by atoms with van der Waals surface area (Å²) in [7, 11) is -3.10. The number of nitrogens with one attached hydrogen (secondary N) is 1. The molecular weight excluding hydrogens is 345 g/mol. The second-order valence-corrected chi connectivity index (χ2v) is 10.2. The predicted octanol–water partition coefficient (Wildman–Crippen LogP) is 4.73. The van der Waals surface area contributed by atoms with Gasteiger partial charge in [-0.15, -0.1) is 0 Å². The maximum absolute atomic E-state index is 13.8. The van der Waals surface area contributed by atoms with Crippen molar-refractivity contribution in [2.75, 3.05) is 13.2 Å². The van der Waals surface area contributed by atoms with E-state index in [1.807, 2.05) is 30.3 Å². The minimum absolute atomic E-state index is 0.0368. The Morgan fingerprint density at radius 3 is 2.58 bits per heavy atom. The second kappa shape index (κ2) is 10.6. The fourth-order valence-electron chi connectivity index (χ4n) is 3.88. The summed E-state index contributed by atoms with van der Waals surface area (Å²) < 4.78 is 20.2. The largest absolute Gasteiger partial charge is 0.396 e. The Morgan fingerprint density at radius 1 is 1.19 bits per heavy atom. The van der Waals surface area contributed by atoms with Gasteiger partial charge < -0.3 is 9.63 Å². The Hall–Kier alpha value is -0.670. The summed E-state index contributed by atoms with van der Waals surface area (Å²) in [5.41, 5.74) is 0. The highest BCUT2D eigenvalue weighted by atomic mass is 31.2. The third kappa shape index (κ3) is 6.20. The third-order valence-electron chi connectivity index (χ3n) is 5.50. The van der Waals surface area contributed by atoms with Crippen molar-refractivity contribution in [1.82, 2.24) is 5.09 Å². The summed E-state index contributed by atoms with van der Waals surface area (Å²) in [5.74, 6) is 1.60. The summed E-state index contributed by atoms with van der Waals surface area (Å²) in [6.07, 6.45) is 5.99. The first-order chi connectivity index (χ1) is 12.5. The molecule has 2 rings (SSSR count). The van der Waals surface area contributed by atoms with Crippen molar-refractivity contribution in [2.24, 2.45) is 17.8 Å². The van der Waals surface area contributed by atoms with Crippen molar-refractivity contribution < 1.29 is 14.2 Å². The van der Waals surface area contributed by atoms with Gasteiger partial charge in [0.25, 0.3) is 7.52 Å². The summed E-state index contributed by atoms with van der Waals surface area (Å²) >= 11 is 0. The van der Waals surface area contributed by atoms with Crippen LogP contribution in [0.2, 0.25) is 0 Å². The maximum Gasteiger partial charge on any atom is 0.299 e. The normalized spacial score (nSPS) is 26.0.